The first-order valence-corrected chi connectivity index (χ1v) is 15.9. The Morgan fingerprint density at radius 3 is 1.71 bits per heavy atom. The molecule has 7 aromatic rings. The number of carbonyl (C=O) groups is 1. The lowest BCUT2D eigenvalue weighted by Crippen LogP contribution is -2.20. The van der Waals surface area contributed by atoms with Gasteiger partial charge in [0.2, 0.25) is 11.8 Å². The van der Waals surface area contributed by atoms with Gasteiger partial charge in [-0.15, -0.1) is 0 Å². The Morgan fingerprint density at radius 1 is 0.691 bits per heavy atom. The van der Waals surface area contributed by atoms with E-state index in [2.05, 4.69) is 40.8 Å². The van der Waals surface area contributed by atoms with E-state index >= 15 is 0 Å². The van der Waals surface area contributed by atoms with Crippen LogP contribution in [-0.2, 0) is 20.3 Å². The molecule has 0 saturated heterocycles. The van der Waals surface area contributed by atoms with Crippen molar-refractivity contribution in [2.75, 3.05) is 16.4 Å². The van der Waals surface area contributed by atoms with E-state index < -0.39 is 29.4 Å². The van der Waals surface area contributed by atoms with Gasteiger partial charge in [0.1, 0.15) is 35.8 Å². The molecule has 14 nitrogen and oxygen atoms in total. The Labute approximate surface area is 308 Å². The zero-order valence-corrected chi connectivity index (χ0v) is 28.7. The maximum absolute atomic E-state index is 14.2. The molecule has 0 atom stereocenters. The first-order valence-electron chi connectivity index (χ1n) is 15.9. The van der Waals surface area contributed by atoms with Crippen LogP contribution in [0.4, 0.5) is 43.8 Å². The van der Waals surface area contributed by atoms with Gasteiger partial charge in [-0.2, -0.15) is 23.4 Å². The summed E-state index contributed by atoms with van der Waals surface area (Å²) in [6.45, 7) is 0. The highest BCUT2D eigenvalue weighted by molar-refractivity contribution is 6.00. The average Bonchev–Trinajstić information content (AvgIpc) is 3.80. The second-order valence-electron chi connectivity index (χ2n) is 11.5. The maximum atomic E-state index is 14.2. The molecule has 0 fully saturated rings. The molecule has 4 heterocycles. The third-order valence-corrected chi connectivity index (χ3v) is 7.35. The van der Waals surface area contributed by atoms with E-state index in [1.54, 1.807) is 47.1 Å². The standard InChI is InChI=1S/C22H16F4N6O2.C14H12FN5O/c1-32-11-13(10-29-32)18-9-20(28-12-27-18)34-16-6-7-17(23)19(8-16)31-21(33)30-15-4-2-14(3-5-15)22(24,25)26;1-20-7-9(6-19-20)13-5-14(18-8-17-13)21-10-2-3-11(15)12(16)4-10/h2-12H,1H3,(H2,30,31,33);2-8H,16H2,1H3. The number of nitrogens with two attached hydrogens (primary N) is 1. The van der Waals surface area contributed by atoms with Crippen LogP contribution in [0.1, 0.15) is 5.56 Å². The number of amides is 2. The number of anilines is 3. The smallest absolute Gasteiger partial charge is 0.416 e. The van der Waals surface area contributed by atoms with Crippen LogP contribution in [0.3, 0.4) is 0 Å². The third-order valence-electron chi connectivity index (χ3n) is 7.35. The molecule has 19 heteroatoms. The second kappa shape index (κ2) is 16.1. The Bertz CT molecular complexity index is 2440. The van der Waals surface area contributed by atoms with Crippen LogP contribution in [0.2, 0.25) is 0 Å². The van der Waals surface area contributed by atoms with Crippen molar-refractivity contribution in [2.45, 2.75) is 6.18 Å². The molecule has 280 valence electrons. The number of nitrogens with zero attached hydrogens (tertiary/aromatic N) is 8. The molecule has 0 saturated carbocycles. The number of carbonyl (C=O) groups excluding carboxylic acids is 1. The Kier molecular flexibility index (Phi) is 10.9. The summed E-state index contributed by atoms with van der Waals surface area (Å²) in [4.78, 5) is 28.6. The first kappa shape index (κ1) is 37.3. The van der Waals surface area contributed by atoms with Gasteiger partial charge in [0.25, 0.3) is 0 Å². The molecule has 3 aromatic carbocycles. The lowest BCUT2D eigenvalue weighted by Gasteiger charge is -2.12. The van der Waals surface area contributed by atoms with E-state index in [-0.39, 0.29) is 28.7 Å². The predicted octanol–water partition coefficient (Wildman–Crippen LogP) is 7.86. The van der Waals surface area contributed by atoms with E-state index in [9.17, 15) is 26.7 Å². The lowest BCUT2D eigenvalue weighted by atomic mass is 10.2. The van der Waals surface area contributed by atoms with Gasteiger partial charge in [-0.3, -0.25) is 9.36 Å². The minimum Gasteiger partial charge on any atom is -0.439 e. The zero-order valence-electron chi connectivity index (χ0n) is 28.7. The van der Waals surface area contributed by atoms with Crippen LogP contribution in [-0.4, -0.2) is 45.5 Å². The molecule has 0 radical (unpaired) electrons. The minimum absolute atomic E-state index is 0.0223. The van der Waals surface area contributed by atoms with Crippen molar-refractivity contribution >= 4 is 23.1 Å². The van der Waals surface area contributed by atoms with Crippen molar-refractivity contribution in [3.8, 4) is 45.8 Å². The van der Waals surface area contributed by atoms with Gasteiger partial charge in [0, 0.05) is 67.6 Å². The number of aromatic nitrogens is 8. The summed E-state index contributed by atoms with van der Waals surface area (Å²) in [7, 11) is 3.59. The fourth-order valence-corrected chi connectivity index (χ4v) is 4.73. The molecular weight excluding hydrogens is 729 g/mol. The predicted molar refractivity (Wildman–Crippen MR) is 190 cm³/mol. The number of aryl methyl sites for hydroxylation is 2. The number of hydrogen-bond acceptors (Lipinski definition) is 10. The van der Waals surface area contributed by atoms with Crippen molar-refractivity contribution in [2.24, 2.45) is 14.1 Å². The second-order valence-corrected chi connectivity index (χ2v) is 11.5. The fraction of sp³-hybridized carbons (Fsp3) is 0.0833. The minimum atomic E-state index is -4.49. The summed E-state index contributed by atoms with van der Waals surface area (Å²) >= 11 is 0. The van der Waals surface area contributed by atoms with E-state index in [4.69, 9.17) is 15.2 Å². The highest BCUT2D eigenvalue weighted by atomic mass is 19.4. The van der Waals surface area contributed by atoms with E-state index in [1.165, 1.54) is 43.0 Å². The summed E-state index contributed by atoms with van der Waals surface area (Å²) in [6, 6.07) is 14.0. The topological polar surface area (TPSA) is 173 Å². The van der Waals surface area contributed by atoms with Crippen molar-refractivity contribution in [1.82, 2.24) is 39.5 Å². The van der Waals surface area contributed by atoms with E-state index in [1.807, 2.05) is 13.2 Å². The van der Waals surface area contributed by atoms with Crippen LogP contribution in [0.25, 0.3) is 22.5 Å². The summed E-state index contributed by atoms with van der Waals surface area (Å²) in [5.41, 5.74) is 7.40. The monoisotopic (exact) mass is 757 g/mol. The number of hydrogen-bond donors (Lipinski definition) is 3. The molecule has 7 rings (SSSR count). The fourth-order valence-electron chi connectivity index (χ4n) is 4.73. The highest BCUT2D eigenvalue weighted by Gasteiger charge is 2.30. The largest absolute Gasteiger partial charge is 0.439 e. The van der Waals surface area contributed by atoms with Crippen molar-refractivity contribution in [3.63, 3.8) is 0 Å². The number of rotatable bonds is 8. The van der Waals surface area contributed by atoms with Crippen molar-refractivity contribution in [3.05, 3.63) is 127 Å². The molecule has 4 aromatic heterocycles. The van der Waals surface area contributed by atoms with E-state index in [0.29, 0.717) is 23.0 Å². The molecule has 0 aliphatic rings. The number of nitrogen functional groups attached to an aromatic ring is 1. The molecule has 0 spiro atoms. The van der Waals surface area contributed by atoms with Gasteiger partial charge in [0.15, 0.2) is 0 Å². The number of halogens is 5. The Morgan fingerprint density at radius 2 is 1.22 bits per heavy atom. The zero-order chi connectivity index (χ0) is 39.1. The Hall–Kier alpha value is -7.44. The lowest BCUT2D eigenvalue weighted by molar-refractivity contribution is -0.137. The summed E-state index contributed by atoms with van der Waals surface area (Å²) in [6.07, 6.45) is 5.13. The van der Waals surface area contributed by atoms with Crippen molar-refractivity contribution in [1.29, 1.82) is 0 Å². The van der Waals surface area contributed by atoms with Gasteiger partial charge >= 0.3 is 12.2 Å². The summed E-state index contributed by atoms with van der Waals surface area (Å²) < 4.78 is 79.8. The number of nitrogens with one attached hydrogen (secondary N) is 2. The van der Waals surface area contributed by atoms with E-state index in [0.717, 1.165) is 41.5 Å². The number of ether oxygens (including phenoxy) is 2. The maximum Gasteiger partial charge on any atom is 0.416 e. The quantitative estimate of drug-likeness (QED) is 0.102. The molecule has 0 unspecified atom stereocenters. The summed E-state index contributed by atoms with van der Waals surface area (Å²) in [5, 5.41) is 12.8. The molecule has 4 N–H and O–H groups in total. The average molecular weight is 758 g/mol. The van der Waals surface area contributed by atoms with Gasteiger partial charge in [-0.25, -0.2) is 33.5 Å². The molecular formula is C36H28F5N11O3. The summed E-state index contributed by atoms with van der Waals surface area (Å²) in [5.74, 6) is -0.114. The van der Waals surface area contributed by atoms with Gasteiger partial charge in [-0.05, 0) is 48.5 Å². The number of urea groups is 1. The molecule has 0 aliphatic carbocycles. The molecule has 0 bridgehead atoms. The molecule has 2 amide bonds. The first-order chi connectivity index (χ1) is 26.3. The van der Waals surface area contributed by atoms with Gasteiger partial charge in [0.05, 0.1) is 40.7 Å². The normalized spacial score (nSPS) is 11.0. The van der Waals surface area contributed by atoms with Crippen LogP contribution in [0, 0.1) is 11.6 Å². The van der Waals surface area contributed by atoms with Crippen LogP contribution in [0.15, 0.2) is 110 Å². The van der Waals surface area contributed by atoms with Crippen LogP contribution in [0.5, 0.6) is 23.3 Å². The molecule has 55 heavy (non-hydrogen) atoms. The Balaban J connectivity index is 0.000000209. The SMILES string of the molecule is Cn1cc(-c2cc(Oc3ccc(F)c(N)c3)ncn2)cn1.Cn1cc(-c2cc(Oc3ccc(F)c(NC(=O)Nc4ccc(C(F)(F)F)cc4)c3)ncn2)cn1. The van der Waals surface area contributed by atoms with Crippen molar-refractivity contribution < 1.29 is 36.2 Å². The third kappa shape index (κ3) is 9.92. The highest BCUT2D eigenvalue weighted by Crippen LogP contribution is 2.31. The molecule has 0 aliphatic heterocycles. The number of alkyl halides is 3. The van der Waals surface area contributed by atoms with Crippen LogP contribution >= 0.6 is 0 Å². The number of benzene rings is 3. The van der Waals surface area contributed by atoms with Gasteiger partial charge in [-0.1, -0.05) is 0 Å². The van der Waals surface area contributed by atoms with Crippen LogP contribution < -0.4 is 25.8 Å². The van der Waals surface area contributed by atoms with Gasteiger partial charge < -0.3 is 25.8 Å².